The Kier molecular flexibility index (Phi) is 6.68. The molecule has 142 valence electrons. The van der Waals surface area contributed by atoms with E-state index in [2.05, 4.69) is 10.3 Å². The van der Waals surface area contributed by atoms with Gasteiger partial charge in [0.05, 0.1) is 0 Å². The molecule has 1 aliphatic heterocycles. The predicted molar refractivity (Wildman–Crippen MR) is 104 cm³/mol. The van der Waals surface area contributed by atoms with Crippen molar-refractivity contribution in [1.82, 2.24) is 4.98 Å². The lowest BCUT2D eigenvalue weighted by molar-refractivity contribution is -0.131. The molecule has 2 heterocycles. The lowest BCUT2D eigenvalue weighted by Crippen LogP contribution is -2.22. The summed E-state index contributed by atoms with van der Waals surface area (Å²) in [6, 6.07) is 11.9. The number of hydrogen-bond donors (Lipinski definition) is 2. The number of pyridine rings is 1. The molecule has 2 aromatic rings. The number of benzene rings is 1. The van der Waals surface area contributed by atoms with Crippen LogP contribution in [0.25, 0.3) is 6.08 Å². The average Bonchev–Trinajstić information content (AvgIpc) is 3.16. The number of ether oxygens (including phenoxy) is 2. The monoisotopic (exact) mass is 368 g/mol. The number of fused-ring (bicyclic) bond motifs is 1. The molecule has 27 heavy (non-hydrogen) atoms. The zero-order valence-electron chi connectivity index (χ0n) is 15.1. The van der Waals surface area contributed by atoms with Crippen LogP contribution >= 0.6 is 0 Å². The fourth-order valence-corrected chi connectivity index (χ4v) is 3.09. The molecule has 0 amide bonds. The summed E-state index contributed by atoms with van der Waals surface area (Å²) in [5, 5.41) is 11.9. The smallest absolute Gasteiger partial charge is 0.328 e. The third-order valence-corrected chi connectivity index (χ3v) is 4.44. The summed E-state index contributed by atoms with van der Waals surface area (Å²) in [6.45, 7) is 0.224. The molecule has 0 radical (unpaired) electrons. The first kappa shape index (κ1) is 18.8. The van der Waals surface area contributed by atoms with Gasteiger partial charge in [0.15, 0.2) is 11.5 Å². The van der Waals surface area contributed by atoms with E-state index in [9.17, 15) is 4.79 Å². The van der Waals surface area contributed by atoms with Gasteiger partial charge in [0, 0.05) is 18.3 Å². The number of carbonyl (C=O) groups is 1. The van der Waals surface area contributed by atoms with Crippen LogP contribution in [-0.4, -0.2) is 28.9 Å². The Labute approximate surface area is 158 Å². The summed E-state index contributed by atoms with van der Waals surface area (Å²) in [6.07, 6.45) is 11.2. The Morgan fingerprint density at radius 1 is 1.11 bits per heavy atom. The van der Waals surface area contributed by atoms with Crippen molar-refractivity contribution in [2.75, 3.05) is 12.1 Å². The molecule has 0 atom stereocenters. The maximum absolute atomic E-state index is 10.3. The minimum absolute atomic E-state index is 0.224. The normalized spacial score (nSPS) is 15.9. The highest BCUT2D eigenvalue weighted by Gasteiger charge is 2.13. The lowest BCUT2D eigenvalue weighted by atomic mass is 9.95. The highest BCUT2D eigenvalue weighted by Crippen LogP contribution is 2.32. The van der Waals surface area contributed by atoms with Gasteiger partial charge in [-0.2, -0.15) is 0 Å². The molecule has 1 fully saturated rings. The second-order valence-electron chi connectivity index (χ2n) is 6.48. The fourth-order valence-electron chi connectivity index (χ4n) is 3.09. The van der Waals surface area contributed by atoms with Gasteiger partial charge in [-0.05, 0) is 48.7 Å². The van der Waals surface area contributed by atoms with Crippen LogP contribution in [0, 0.1) is 0 Å². The molecule has 2 N–H and O–H groups in total. The molecule has 0 bridgehead atoms. The summed E-state index contributed by atoms with van der Waals surface area (Å²) in [7, 11) is 0. The first-order valence-electron chi connectivity index (χ1n) is 9.19. The number of aliphatic carboxylic acids is 1. The number of aromatic nitrogens is 1. The molecule has 6 nitrogen and oxygen atoms in total. The SMILES string of the molecule is O=C(O)C=Cc1ccc2c(c1)OCO2.c1ccc(NC2CCCCC2)nc1. The summed E-state index contributed by atoms with van der Waals surface area (Å²) in [5.74, 6) is 1.40. The molecule has 0 saturated heterocycles. The van der Waals surface area contributed by atoms with E-state index in [0.717, 1.165) is 17.5 Å². The van der Waals surface area contributed by atoms with E-state index in [1.54, 1.807) is 18.2 Å². The van der Waals surface area contributed by atoms with Crippen molar-refractivity contribution >= 4 is 17.9 Å². The summed E-state index contributed by atoms with van der Waals surface area (Å²) >= 11 is 0. The van der Waals surface area contributed by atoms with Gasteiger partial charge in [0.2, 0.25) is 6.79 Å². The van der Waals surface area contributed by atoms with Crippen molar-refractivity contribution in [3.8, 4) is 11.5 Å². The standard InChI is InChI=1S/C11H16N2.C10H8O4/c1-2-6-10(7-3-1)13-11-8-4-5-9-12-11;11-10(12)4-2-7-1-3-8-9(5-7)14-6-13-8/h4-5,8-10H,1-3,6-7H2,(H,12,13);1-5H,6H2,(H,11,12). The summed E-state index contributed by atoms with van der Waals surface area (Å²) in [4.78, 5) is 14.5. The van der Waals surface area contributed by atoms with Crippen molar-refractivity contribution < 1.29 is 19.4 Å². The lowest BCUT2D eigenvalue weighted by Gasteiger charge is -2.23. The van der Waals surface area contributed by atoms with Crippen molar-refractivity contribution in [2.45, 2.75) is 38.1 Å². The minimum atomic E-state index is -0.970. The third kappa shape index (κ3) is 6.02. The van der Waals surface area contributed by atoms with Crippen molar-refractivity contribution in [1.29, 1.82) is 0 Å². The molecule has 1 saturated carbocycles. The largest absolute Gasteiger partial charge is 0.478 e. The molecule has 1 aliphatic carbocycles. The molecule has 0 spiro atoms. The van der Waals surface area contributed by atoms with Gasteiger partial charge in [0.25, 0.3) is 0 Å². The second kappa shape index (κ2) is 9.62. The van der Waals surface area contributed by atoms with E-state index >= 15 is 0 Å². The maximum Gasteiger partial charge on any atom is 0.328 e. The first-order valence-corrected chi connectivity index (χ1v) is 9.19. The number of rotatable bonds is 4. The Morgan fingerprint density at radius 2 is 1.93 bits per heavy atom. The molecular weight excluding hydrogens is 344 g/mol. The zero-order chi connectivity index (χ0) is 18.9. The van der Waals surface area contributed by atoms with Crippen LogP contribution in [-0.2, 0) is 4.79 Å². The van der Waals surface area contributed by atoms with E-state index in [1.165, 1.54) is 38.2 Å². The summed E-state index contributed by atoms with van der Waals surface area (Å²) in [5.41, 5.74) is 0.775. The quantitative estimate of drug-likeness (QED) is 0.782. The van der Waals surface area contributed by atoms with Crippen LogP contribution < -0.4 is 14.8 Å². The molecule has 2 aliphatic rings. The van der Waals surface area contributed by atoms with Crippen LogP contribution in [0.1, 0.15) is 37.7 Å². The van der Waals surface area contributed by atoms with Crippen molar-refractivity contribution in [3.63, 3.8) is 0 Å². The molecule has 0 unspecified atom stereocenters. The van der Waals surface area contributed by atoms with E-state index in [0.29, 0.717) is 17.5 Å². The van der Waals surface area contributed by atoms with E-state index in [-0.39, 0.29) is 6.79 Å². The second-order valence-corrected chi connectivity index (χ2v) is 6.48. The Balaban J connectivity index is 0.000000156. The molecule has 1 aromatic carbocycles. The third-order valence-electron chi connectivity index (χ3n) is 4.44. The Hall–Kier alpha value is -3.02. The van der Waals surface area contributed by atoms with E-state index < -0.39 is 5.97 Å². The molecule has 4 rings (SSSR count). The first-order chi connectivity index (χ1) is 13.2. The van der Waals surface area contributed by atoms with Crippen LogP contribution in [0.2, 0.25) is 0 Å². The van der Waals surface area contributed by atoms with E-state index in [4.69, 9.17) is 14.6 Å². The Morgan fingerprint density at radius 3 is 2.67 bits per heavy atom. The minimum Gasteiger partial charge on any atom is -0.478 e. The Bertz CT molecular complexity index is 771. The number of nitrogens with one attached hydrogen (secondary N) is 1. The van der Waals surface area contributed by atoms with Gasteiger partial charge in [-0.15, -0.1) is 0 Å². The molecule has 1 aromatic heterocycles. The molecule has 6 heteroatoms. The topological polar surface area (TPSA) is 80.7 Å². The van der Waals surface area contributed by atoms with Crippen LogP contribution in [0.3, 0.4) is 0 Å². The number of carboxylic acid groups (broad SMARTS) is 1. The fraction of sp³-hybridized carbons (Fsp3) is 0.333. The highest BCUT2D eigenvalue weighted by atomic mass is 16.7. The van der Waals surface area contributed by atoms with Gasteiger partial charge in [-0.3, -0.25) is 0 Å². The van der Waals surface area contributed by atoms with Gasteiger partial charge in [-0.1, -0.05) is 31.4 Å². The number of anilines is 1. The van der Waals surface area contributed by atoms with Gasteiger partial charge in [-0.25, -0.2) is 9.78 Å². The zero-order valence-corrected chi connectivity index (χ0v) is 15.1. The number of nitrogens with zero attached hydrogens (tertiary/aromatic N) is 1. The van der Waals surface area contributed by atoms with Crippen molar-refractivity contribution in [3.05, 3.63) is 54.2 Å². The predicted octanol–water partition coefficient (Wildman–Crippen LogP) is 4.34. The number of carboxylic acids is 1. The van der Waals surface area contributed by atoms with Gasteiger partial charge < -0.3 is 19.9 Å². The van der Waals surface area contributed by atoms with Crippen molar-refractivity contribution in [2.24, 2.45) is 0 Å². The van der Waals surface area contributed by atoms with Crippen LogP contribution in [0.5, 0.6) is 11.5 Å². The van der Waals surface area contributed by atoms with Gasteiger partial charge in [0.1, 0.15) is 5.82 Å². The van der Waals surface area contributed by atoms with Crippen LogP contribution in [0.15, 0.2) is 48.7 Å². The van der Waals surface area contributed by atoms with Gasteiger partial charge >= 0.3 is 5.97 Å². The number of hydrogen-bond acceptors (Lipinski definition) is 5. The highest BCUT2D eigenvalue weighted by molar-refractivity contribution is 5.85. The summed E-state index contributed by atoms with van der Waals surface area (Å²) < 4.78 is 10.3. The van der Waals surface area contributed by atoms with Crippen LogP contribution in [0.4, 0.5) is 5.82 Å². The average molecular weight is 368 g/mol. The molecular formula is C21H24N2O4. The van der Waals surface area contributed by atoms with E-state index in [1.807, 2.05) is 24.4 Å². The maximum atomic E-state index is 10.3.